The van der Waals surface area contributed by atoms with Gasteiger partial charge in [0.05, 0.1) is 24.3 Å². The van der Waals surface area contributed by atoms with Gasteiger partial charge in [-0.25, -0.2) is 9.18 Å². The van der Waals surface area contributed by atoms with Crippen molar-refractivity contribution in [2.24, 2.45) is 0 Å². The van der Waals surface area contributed by atoms with Crippen LogP contribution in [0, 0.1) is 5.82 Å². The third kappa shape index (κ3) is 4.09. The number of esters is 1. The van der Waals surface area contributed by atoms with Gasteiger partial charge >= 0.3 is 11.9 Å². The van der Waals surface area contributed by atoms with Gasteiger partial charge < -0.3 is 15.6 Å². The second-order valence-electron chi connectivity index (χ2n) is 3.67. The normalized spacial score (nSPS) is 10.6. The molecule has 1 aromatic rings. The third-order valence-electron chi connectivity index (χ3n) is 2.29. The molecule has 0 aliphatic carbocycles. The van der Waals surface area contributed by atoms with E-state index in [1.165, 1.54) is 12.2 Å². The summed E-state index contributed by atoms with van der Waals surface area (Å²) in [6.07, 6.45) is 2.84. The Balaban J connectivity index is 2.92. The summed E-state index contributed by atoms with van der Waals surface area (Å²) in [5.74, 6) is -2.44. The first kappa shape index (κ1) is 14.7. The van der Waals surface area contributed by atoms with Crippen LogP contribution in [-0.2, 0) is 9.53 Å². The molecule has 19 heavy (non-hydrogen) atoms. The van der Waals surface area contributed by atoms with E-state index >= 15 is 0 Å². The summed E-state index contributed by atoms with van der Waals surface area (Å²) in [6, 6.07) is 1.95. The summed E-state index contributed by atoms with van der Waals surface area (Å²) in [7, 11) is 0. The second-order valence-corrected chi connectivity index (χ2v) is 3.67. The molecule has 0 bridgehead atoms. The molecule has 0 spiro atoms. The number of aromatic carboxylic acids is 1. The van der Waals surface area contributed by atoms with E-state index in [9.17, 15) is 14.0 Å². The van der Waals surface area contributed by atoms with Gasteiger partial charge in [0.15, 0.2) is 0 Å². The van der Waals surface area contributed by atoms with Gasteiger partial charge in [-0.3, -0.25) is 4.79 Å². The summed E-state index contributed by atoms with van der Waals surface area (Å²) in [4.78, 5) is 21.9. The summed E-state index contributed by atoms with van der Waals surface area (Å²) in [6.45, 7) is 1.96. The number of nitrogen functional groups attached to an aromatic ring is 1. The molecule has 0 aromatic heterocycles. The fraction of sp³-hybridized carbons (Fsp3) is 0.231. The van der Waals surface area contributed by atoms with Crippen molar-refractivity contribution in [1.29, 1.82) is 0 Å². The molecule has 0 fully saturated rings. The van der Waals surface area contributed by atoms with Crippen LogP contribution in [0.15, 0.2) is 18.2 Å². The Morgan fingerprint density at radius 2 is 2.16 bits per heavy atom. The monoisotopic (exact) mass is 267 g/mol. The first-order chi connectivity index (χ1) is 8.95. The van der Waals surface area contributed by atoms with Crippen molar-refractivity contribution < 1.29 is 23.8 Å². The topological polar surface area (TPSA) is 89.6 Å². The zero-order valence-electron chi connectivity index (χ0n) is 10.4. The minimum absolute atomic E-state index is 0.00615. The first-order valence-electron chi connectivity index (χ1n) is 5.60. The highest BCUT2D eigenvalue weighted by molar-refractivity contribution is 5.95. The average molecular weight is 267 g/mol. The third-order valence-corrected chi connectivity index (χ3v) is 2.29. The highest BCUT2D eigenvalue weighted by atomic mass is 19.1. The Bertz CT molecular complexity index is 526. The van der Waals surface area contributed by atoms with Crippen molar-refractivity contribution in [2.75, 3.05) is 12.3 Å². The van der Waals surface area contributed by atoms with Gasteiger partial charge in [0.25, 0.3) is 0 Å². The number of hydrogen-bond donors (Lipinski definition) is 2. The van der Waals surface area contributed by atoms with Crippen molar-refractivity contribution in [1.82, 2.24) is 0 Å². The lowest BCUT2D eigenvalue weighted by molar-refractivity contribution is -0.142. The zero-order chi connectivity index (χ0) is 14.4. The number of benzene rings is 1. The molecule has 0 aliphatic rings. The molecule has 0 saturated carbocycles. The minimum Gasteiger partial charge on any atom is -0.478 e. The number of halogens is 1. The molecule has 0 saturated heterocycles. The molecule has 0 unspecified atom stereocenters. The van der Waals surface area contributed by atoms with E-state index in [0.717, 1.165) is 12.1 Å². The van der Waals surface area contributed by atoms with Crippen LogP contribution in [0.4, 0.5) is 10.1 Å². The van der Waals surface area contributed by atoms with Crippen LogP contribution in [0.1, 0.15) is 29.3 Å². The highest BCUT2D eigenvalue weighted by Crippen LogP contribution is 2.21. The summed E-state index contributed by atoms with van der Waals surface area (Å²) in [5.41, 5.74) is 5.47. The zero-order valence-corrected chi connectivity index (χ0v) is 10.4. The van der Waals surface area contributed by atoms with E-state index in [1.807, 2.05) is 0 Å². The fourth-order valence-corrected chi connectivity index (χ4v) is 1.46. The number of carbonyl (C=O) groups excluding carboxylic acids is 1. The van der Waals surface area contributed by atoms with Crippen molar-refractivity contribution in [3.8, 4) is 0 Å². The second kappa shape index (κ2) is 6.53. The Kier molecular flexibility index (Phi) is 5.05. The van der Waals surface area contributed by atoms with Gasteiger partial charge in [0, 0.05) is 5.56 Å². The SMILES string of the molecule is CCOC(=O)CC=Cc1cc(F)cc(C(=O)O)c1N. The predicted molar refractivity (Wildman–Crippen MR) is 68.1 cm³/mol. The van der Waals surface area contributed by atoms with Crippen LogP contribution in [0.25, 0.3) is 6.08 Å². The Hall–Kier alpha value is -2.37. The number of nitrogens with two attached hydrogens (primary N) is 1. The van der Waals surface area contributed by atoms with E-state index < -0.39 is 17.8 Å². The fourth-order valence-electron chi connectivity index (χ4n) is 1.46. The smallest absolute Gasteiger partial charge is 0.337 e. The van der Waals surface area contributed by atoms with Gasteiger partial charge in [-0.1, -0.05) is 12.2 Å². The number of carboxylic acid groups (broad SMARTS) is 1. The van der Waals surface area contributed by atoms with E-state index in [4.69, 9.17) is 15.6 Å². The predicted octanol–water partition coefficient (Wildman–Crippen LogP) is 2.07. The van der Waals surface area contributed by atoms with Crippen LogP contribution < -0.4 is 5.73 Å². The molecular weight excluding hydrogens is 253 g/mol. The molecule has 1 rings (SSSR count). The molecule has 0 aliphatic heterocycles. The van der Waals surface area contributed by atoms with Crippen LogP contribution in [-0.4, -0.2) is 23.7 Å². The van der Waals surface area contributed by atoms with Crippen molar-refractivity contribution in [2.45, 2.75) is 13.3 Å². The van der Waals surface area contributed by atoms with Gasteiger partial charge in [-0.05, 0) is 19.1 Å². The summed E-state index contributed by atoms with van der Waals surface area (Å²) < 4.78 is 17.9. The lowest BCUT2D eigenvalue weighted by Gasteiger charge is -2.05. The van der Waals surface area contributed by atoms with Gasteiger partial charge in [-0.2, -0.15) is 0 Å². The molecule has 0 heterocycles. The average Bonchev–Trinajstić information content (AvgIpc) is 2.33. The van der Waals surface area contributed by atoms with Gasteiger partial charge in [-0.15, -0.1) is 0 Å². The minimum atomic E-state index is -1.31. The maximum Gasteiger partial charge on any atom is 0.337 e. The molecular formula is C13H14FNO4. The number of ether oxygens (including phenoxy) is 1. The van der Waals surface area contributed by atoms with Gasteiger partial charge in [0.1, 0.15) is 5.82 Å². The summed E-state index contributed by atoms with van der Waals surface area (Å²) in [5, 5.41) is 8.85. The lowest BCUT2D eigenvalue weighted by Crippen LogP contribution is -2.05. The van der Waals surface area contributed by atoms with Crippen LogP contribution in [0.5, 0.6) is 0 Å². The van der Waals surface area contributed by atoms with Crippen molar-refractivity contribution in [3.63, 3.8) is 0 Å². The summed E-state index contributed by atoms with van der Waals surface area (Å²) >= 11 is 0. The highest BCUT2D eigenvalue weighted by Gasteiger charge is 2.12. The van der Waals surface area contributed by atoms with Crippen LogP contribution in [0.2, 0.25) is 0 Å². The molecule has 5 nitrogen and oxygen atoms in total. The Morgan fingerprint density at radius 3 is 2.74 bits per heavy atom. The maximum atomic E-state index is 13.2. The molecule has 0 atom stereocenters. The largest absolute Gasteiger partial charge is 0.478 e. The Morgan fingerprint density at radius 1 is 1.47 bits per heavy atom. The molecule has 6 heteroatoms. The van der Waals surface area contributed by atoms with E-state index in [1.54, 1.807) is 6.92 Å². The van der Waals surface area contributed by atoms with E-state index in [-0.39, 0.29) is 29.8 Å². The van der Waals surface area contributed by atoms with Gasteiger partial charge in [0.2, 0.25) is 0 Å². The number of anilines is 1. The number of hydrogen-bond acceptors (Lipinski definition) is 4. The van der Waals surface area contributed by atoms with E-state index in [2.05, 4.69) is 0 Å². The quantitative estimate of drug-likeness (QED) is 0.629. The van der Waals surface area contributed by atoms with Crippen molar-refractivity contribution >= 4 is 23.7 Å². The number of rotatable bonds is 5. The number of carbonyl (C=O) groups is 2. The Labute approximate surface area is 109 Å². The lowest BCUT2D eigenvalue weighted by atomic mass is 10.1. The molecule has 0 amide bonds. The van der Waals surface area contributed by atoms with Crippen LogP contribution in [0.3, 0.4) is 0 Å². The molecule has 102 valence electrons. The molecule has 3 N–H and O–H groups in total. The van der Waals surface area contributed by atoms with E-state index in [0.29, 0.717) is 0 Å². The van der Waals surface area contributed by atoms with Crippen LogP contribution >= 0.6 is 0 Å². The standard InChI is InChI=1S/C13H14FNO4/c1-2-19-11(16)5-3-4-8-6-9(14)7-10(12(8)15)13(17)18/h3-4,6-7H,2,5,15H2,1H3,(H,17,18). The molecule has 1 aromatic carbocycles. The molecule has 0 radical (unpaired) electrons. The number of carboxylic acids is 1. The van der Waals surface area contributed by atoms with Crippen molar-refractivity contribution in [3.05, 3.63) is 35.2 Å². The first-order valence-corrected chi connectivity index (χ1v) is 5.60. The maximum absolute atomic E-state index is 13.2.